The van der Waals surface area contributed by atoms with E-state index < -0.39 is 142 Å². The van der Waals surface area contributed by atoms with Crippen molar-refractivity contribution >= 4 is 17.7 Å². The summed E-state index contributed by atoms with van der Waals surface area (Å²) in [6.45, 7) is 20.6. The van der Waals surface area contributed by atoms with Gasteiger partial charge < -0.3 is 74.4 Å². The summed E-state index contributed by atoms with van der Waals surface area (Å²) < 4.78 is 56.2. The maximum atomic E-state index is 17.8. The minimum absolute atomic E-state index is 0.0201. The van der Waals surface area contributed by atoms with E-state index in [4.69, 9.17) is 28.4 Å². The fraction of sp³-hybridized carbons (Fsp3) is 0.883. The first-order valence-electron chi connectivity index (χ1n) is 29.7. The molecule has 0 spiro atoms. The summed E-state index contributed by atoms with van der Waals surface area (Å²) in [5, 5.41) is 88.2. The Balaban J connectivity index is 1.15. The third-order valence-corrected chi connectivity index (χ3v) is 21.2. The Bertz CT molecular complexity index is 2270. The molecule has 4 aliphatic carbocycles. The van der Waals surface area contributed by atoms with E-state index in [9.17, 15) is 50.1 Å². The predicted octanol–water partition coefficient (Wildman–Crippen LogP) is 3.88. The highest BCUT2D eigenvalue weighted by Gasteiger charge is 2.74. The average Bonchev–Trinajstić information content (AvgIpc) is 3.67. The molecule has 3 saturated heterocycles. The molecule has 7 rings (SSSR count). The number of ketones is 1. The Labute approximate surface area is 474 Å². The van der Waals surface area contributed by atoms with Crippen LogP contribution >= 0.6 is 0 Å². The zero-order chi connectivity index (χ0) is 59.6. The zero-order valence-electron chi connectivity index (χ0n) is 50.4. The molecule has 19 nitrogen and oxygen atoms in total. The highest BCUT2D eigenvalue weighted by atomic mass is 19.1. The first-order valence-corrected chi connectivity index (χ1v) is 29.7. The highest BCUT2D eigenvalue weighted by Crippen LogP contribution is 2.69. The number of carbonyl (C=O) groups excluding carboxylic acids is 3. The summed E-state index contributed by atoms with van der Waals surface area (Å²) in [4.78, 5) is 45.3. The highest BCUT2D eigenvalue weighted by molar-refractivity contribution is 6.01. The Morgan fingerprint density at radius 1 is 0.887 bits per heavy atom. The summed E-state index contributed by atoms with van der Waals surface area (Å²) in [5.74, 6) is -4.95. The number of nitrogens with one attached hydrogen (secondary N) is 1. The number of allylic oxidation sites excluding steroid dienone is 4. The van der Waals surface area contributed by atoms with Gasteiger partial charge in [0.25, 0.3) is 5.91 Å². The van der Waals surface area contributed by atoms with Crippen LogP contribution in [0.2, 0.25) is 0 Å². The molecule has 3 saturated carbocycles. The van der Waals surface area contributed by atoms with Gasteiger partial charge in [-0.05, 0) is 139 Å². The second-order valence-corrected chi connectivity index (χ2v) is 27.0. The topological polar surface area (TPSA) is 267 Å². The number of hydrogen-bond acceptors (Lipinski definition) is 18. The summed E-state index contributed by atoms with van der Waals surface area (Å²) in [6, 6.07) is -0.900. The van der Waals surface area contributed by atoms with E-state index in [0.29, 0.717) is 24.8 Å². The molecule has 1 amide bonds. The summed E-state index contributed by atoms with van der Waals surface area (Å²) >= 11 is 0. The van der Waals surface area contributed by atoms with Gasteiger partial charge in [-0.2, -0.15) is 0 Å². The molecule has 3 aliphatic heterocycles. The van der Waals surface area contributed by atoms with Gasteiger partial charge in [0.2, 0.25) is 0 Å². The molecule has 0 aromatic carbocycles. The molecule has 0 aromatic rings. The van der Waals surface area contributed by atoms with Crippen molar-refractivity contribution in [1.82, 2.24) is 15.1 Å². The number of aliphatic hydroxyl groups excluding tert-OH is 4. The van der Waals surface area contributed by atoms with Gasteiger partial charge in [0, 0.05) is 80.3 Å². The van der Waals surface area contributed by atoms with Crippen molar-refractivity contribution in [2.45, 2.75) is 255 Å². The van der Waals surface area contributed by atoms with E-state index in [1.807, 2.05) is 27.9 Å². The predicted molar refractivity (Wildman–Crippen MR) is 294 cm³/mol. The van der Waals surface area contributed by atoms with Gasteiger partial charge in [0.05, 0.1) is 53.7 Å². The maximum Gasteiger partial charge on any atom is 0.311 e. The van der Waals surface area contributed by atoms with Crippen molar-refractivity contribution in [2.24, 2.45) is 40.4 Å². The van der Waals surface area contributed by atoms with Crippen molar-refractivity contribution < 1.29 is 82.9 Å². The fourth-order valence-electron chi connectivity index (χ4n) is 15.9. The average molecular weight is 1140 g/mol. The lowest BCUT2D eigenvalue weighted by Crippen LogP contribution is -2.69. The van der Waals surface area contributed by atoms with E-state index in [2.05, 4.69) is 10.2 Å². The van der Waals surface area contributed by atoms with Gasteiger partial charge in [-0.3, -0.25) is 19.3 Å². The van der Waals surface area contributed by atoms with Crippen molar-refractivity contribution in [3.8, 4) is 0 Å². The van der Waals surface area contributed by atoms with Crippen molar-refractivity contribution in [2.75, 3.05) is 40.8 Å². The molecule has 7 aliphatic rings. The van der Waals surface area contributed by atoms with Gasteiger partial charge in [0.15, 0.2) is 24.0 Å². The number of rotatable bonds is 12. The van der Waals surface area contributed by atoms with Crippen LogP contribution in [0.1, 0.15) is 147 Å². The summed E-state index contributed by atoms with van der Waals surface area (Å²) in [6.07, 6.45) is -5.73. The molecule has 0 radical (unpaired) electrons. The van der Waals surface area contributed by atoms with Gasteiger partial charge >= 0.3 is 5.97 Å². The Morgan fingerprint density at radius 3 is 2.20 bits per heavy atom. The number of aliphatic hydroxyl groups is 7. The number of esters is 1. The number of nitrogens with zero attached hydrogens (tertiary/aromatic N) is 2. The van der Waals surface area contributed by atoms with Crippen LogP contribution in [0.25, 0.3) is 0 Å². The number of halogens is 1. The quantitative estimate of drug-likeness (QED) is 0.102. The van der Waals surface area contributed by atoms with E-state index in [-0.39, 0.29) is 82.0 Å². The van der Waals surface area contributed by atoms with Gasteiger partial charge in [-0.15, -0.1) is 0 Å². The molecular weight excluding hydrogens is 1040 g/mol. The van der Waals surface area contributed by atoms with Crippen molar-refractivity contribution in [1.29, 1.82) is 0 Å². The van der Waals surface area contributed by atoms with Crippen LogP contribution < -0.4 is 5.32 Å². The Morgan fingerprint density at radius 2 is 1.56 bits per heavy atom. The number of amides is 1. The number of alkyl halides is 1. The number of cyclic esters (lactones) is 1. The first kappa shape index (κ1) is 65.0. The third kappa shape index (κ3) is 11.8. The number of fused-ring (bicyclic) bond motifs is 5. The first-order chi connectivity index (χ1) is 37.1. The second-order valence-electron chi connectivity index (χ2n) is 27.0. The van der Waals surface area contributed by atoms with Crippen LogP contribution in [0.4, 0.5) is 4.39 Å². The standard InChI is InChI=1S/C60H100FN3O16/c1-16-45-58(12,73)49(68)36(6)64(25-17-24-62-53(71)59(74)23-21-40-41-19-18-38-27-39(65)20-22-55(38,9)60(41,61)44(67)29-56(40,59)10)31-54(8,72)28-43(66)48(80-52-33(3)42(63(13)14)26-32(2)76-52)34(4)47(35(5)51(70)78-45)79-46-30-57(11,75-15)50(69)37(7)77-46/h20,22,27,32-37,40-50,52,66-69,72-74H,16-19,21,23-26,28-31H2,1-15H3,(H,62,71)/t32-,33-,34+,35-,36-,37-,40?,41?,42-,43-,44+,45-,46-,47+,48-,49-,50-,52+,54?,55+,56+,57+,58-,59+,60+/m1/s1. The monoisotopic (exact) mass is 1140 g/mol. The SMILES string of the molecule is CC[C@H]1OC(=O)[C@H](C)[C@@H](O[C@@H]2C[C@](C)(OC)[C@H](O)[C@@H](C)O2)[C@H](C)[C@@H](O[C@@H]2O[C@H](C)C[C@@H](N(C)C)[C@H]2C)[C@H](O)CC(C)(O)CN(CCCNC(=O)[C@@]2(O)CCC3C4CCC5=CC(=O)C=C[C@]5(C)[C@@]4(F)[C@@H](O)C[C@@]32C)[C@H](C)[C@@H](O)[C@]1(C)O. The summed E-state index contributed by atoms with van der Waals surface area (Å²) in [7, 11) is 5.45. The lowest BCUT2D eigenvalue weighted by Gasteiger charge is -2.62. The van der Waals surface area contributed by atoms with Crippen LogP contribution in [0.15, 0.2) is 23.8 Å². The molecule has 0 aromatic heterocycles. The normalized spacial score (nSPS) is 49.9. The summed E-state index contributed by atoms with van der Waals surface area (Å²) in [5.41, 5.74) is -10.7. The number of β-amino-alcohol motifs (C(OH)–C–C–N with tert-alkyl or cyclic N) is 1. The lowest BCUT2D eigenvalue weighted by atomic mass is 9.45. The molecule has 6 fully saturated rings. The van der Waals surface area contributed by atoms with Crippen LogP contribution in [0.3, 0.4) is 0 Å². The van der Waals surface area contributed by atoms with Crippen LogP contribution in [0.5, 0.6) is 0 Å². The minimum Gasteiger partial charge on any atom is -0.459 e. The van der Waals surface area contributed by atoms with E-state index in [1.165, 1.54) is 26.2 Å². The Hall–Kier alpha value is -2.54. The van der Waals surface area contributed by atoms with E-state index >= 15 is 4.39 Å². The molecule has 0 bridgehead atoms. The Kier molecular flexibility index (Phi) is 19.6. The molecule has 80 heavy (non-hydrogen) atoms. The third-order valence-electron chi connectivity index (χ3n) is 21.2. The van der Waals surface area contributed by atoms with E-state index in [0.717, 1.165) is 6.42 Å². The number of hydrogen-bond donors (Lipinski definition) is 8. The van der Waals surface area contributed by atoms with Crippen molar-refractivity contribution in [3.63, 3.8) is 0 Å². The number of ether oxygens (including phenoxy) is 6. The van der Waals surface area contributed by atoms with Crippen molar-refractivity contribution in [3.05, 3.63) is 23.8 Å². The molecule has 3 unspecified atom stereocenters. The number of methoxy groups -OCH3 is 1. The minimum atomic E-state index is -2.12. The second kappa shape index (κ2) is 24.1. The molecule has 3 heterocycles. The molecule has 458 valence electrons. The lowest BCUT2D eigenvalue weighted by molar-refractivity contribution is -0.308. The molecule has 25 atom stereocenters. The number of carbonyl (C=O) groups is 3. The smallest absolute Gasteiger partial charge is 0.311 e. The van der Waals surface area contributed by atoms with Gasteiger partial charge in [0.1, 0.15) is 29.5 Å². The maximum absolute atomic E-state index is 17.8. The molecule has 20 heteroatoms. The van der Waals surface area contributed by atoms with Gasteiger partial charge in [-0.25, -0.2) is 4.39 Å². The molecule has 8 N–H and O–H groups in total. The fourth-order valence-corrected chi connectivity index (χ4v) is 15.9. The van der Waals surface area contributed by atoms with Gasteiger partial charge in [-0.1, -0.05) is 39.3 Å². The van der Waals surface area contributed by atoms with Crippen LogP contribution in [0, 0.1) is 40.4 Å². The van der Waals surface area contributed by atoms with Crippen LogP contribution in [-0.2, 0) is 42.8 Å². The zero-order valence-corrected chi connectivity index (χ0v) is 50.4. The van der Waals surface area contributed by atoms with Crippen LogP contribution in [-0.4, -0.2) is 212 Å². The largest absolute Gasteiger partial charge is 0.459 e. The molecular formula is C60H100FN3O16. The van der Waals surface area contributed by atoms with E-state index in [1.54, 1.807) is 73.3 Å².